The maximum atomic E-state index is 12.0. The Kier molecular flexibility index (Phi) is 3.10. The van der Waals surface area contributed by atoms with E-state index >= 15 is 0 Å². The first kappa shape index (κ1) is 14.2. The van der Waals surface area contributed by atoms with Gasteiger partial charge in [-0.3, -0.25) is 4.79 Å². The van der Waals surface area contributed by atoms with Crippen LogP contribution in [0.5, 0.6) is 0 Å². The number of rotatable bonds is 1. The van der Waals surface area contributed by atoms with Crippen LogP contribution in [0.3, 0.4) is 0 Å². The standard InChI is InChI=1S/C18H11BrN2O2/c1-9-10(3-2-4-14(9)19)18-21-15-7-12-11(5-6-16(12)22)13(8-20)17(15)23-18/h2-4,7H,5-6H2,1H3. The summed E-state index contributed by atoms with van der Waals surface area (Å²) in [4.78, 5) is 16.5. The summed E-state index contributed by atoms with van der Waals surface area (Å²) >= 11 is 3.50. The maximum absolute atomic E-state index is 12.0. The number of benzene rings is 2. The van der Waals surface area contributed by atoms with Crippen LogP contribution < -0.4 is 0 Å². The fourth-order valence-electron chi connectivity index (χ4n) is 3.06. The van der Waals surface area contributed by atoms with E-state index in [2.05, 4.69) is 27.0 Å². The van der Waals surface area contributed by atoms with Crippen LogP contribution in [0.1, 0.15) is 33.5 Å². The molecule has 0 bridgehead atoms. The number of carbonyl (C=O) groups is 1. The van der Waals surface area contributed by atoms with Crippen LogP contribution in [0.15, 0.2) is 33.2 Å². The lowest BCUT2D eigenvalue weighted by atomic mass is 10.0. The lowest BCUT2D eigenvalue weighted by Gasteiger charge is -2.02. The number of halogens is 1. The summed E-state index contributed by atoms with van der Waals surface area (Å²) in [6, 6.07) is 9.73. The highest BCUT2D eigenvalue weighted by Gasteiger charge is 2.27. The Morgan fingerprint density at radius 3 is 2.91 bits per heavy atom. The summed E-state index contributed by atoms with van der Waals surface area (Å²) in [6.45, 7) is 1.98. The minimum Gasteiger partial charge on any atom is -0.435 e. The first-order chi connectivity index (χ1) is 11.1. The predicted molar refractivity (Wildman–Crippen MR) is 89.2 cm³/mol. The predicted octanol–water partition coefficient (Wildman–Crippen LogP) is 4.57. The summed E-state index contributed by atoms with van der Waals surface area (Å²) in [5.41, 5.74) is 4.75. The number of fused-ring (bicyclic) bond motifs is 2. The van der Waals surface area contributed by atoms with Crippen LogP contribution >= 0.6 is 15.9 Å². The van der Waals surface area contributed by atoms with Crippen molar-refractivity contribution in [2.75, 3.05) is 0 Å². The molecule has 1 heterocycles. The summed E-state index contributed by atoms with van der Waals surface area (Å²) < 4.78 is 6.87. The zero-order valence-electron chi connectivity index (χ0n) is 12.3. The molecule has 1 aliphatic carbocycles. The van der Waals surface area contributed by atoms with Gasteiger partial charge in [0, 0.05) is 22.0 Å². The van der Waals surface area contributed by atoms with E-state index in [1.54, 1.807) is 6.07 Å². The van der Waals surface area contributed by atoms with Gasteiger partial charge in [0.15, 0.2) is 11.4 Å². The van der Waals surface area contributed by atoms with Crippen LogP contribution in [-0.2, 0) is 6.42 Å². The fraction of sp³-hybridized carbons (Fsp3) is 0.167. The number of nitriles is 1. The SMILES string of the molecule is Cc1c(Br)cccc1-c1nc2cc3c(c(C#N)c2o1)CCC3=O. The van der Waals surface area contributed by atoms with Crippen molar-refractivity contribution in [1.82, 2.24) is 4.98 Å². The van der Waals surface area contributed by atoms with E-state index in [9.17, 15) is 10.1 Å². The normalized spacial score (nSPS) is 13.3. The molecule has 1 aromatic heterocycles. The monoisotopic (exact) mass is 366 g/mol. The van der Waals surface area contributed by atoms with Crippen molar-refractivity contribution in [2.45, 2.75) is 19.8 Å². The molecule has 0 N–H and O–H groups in total. The second-order valence-electron chi connectivity index (χ2n) is 5.59. The molecule has 0 atom stereocenters. The van der Waals surface area contributed by atoms with Gasteiger partial charge in [-0.25, -0.2) is 4.98 Å². The quantitative estimate of drug-likeness (QED) is 0.632. The van der Waals surface area contributed by atoms with Gasteiger partial charge in [0.05, 0.1) is 0 Å². The summed E-state index contributed by atoms with van der Waals surface area (Å²) in [5.74, 6) is 0.535. The number of carbonyl (C=O) groups excluding carboxylic acids is 1. The molecule has 5 heteroatoms. The molecule has 23 heavy (non-hydrogen) atoms. The zero-order chi connectivity index (χ0) is 16.1. The molecular weight excluding hydrogens is 356 g/mol. The number of Topliss-reactive ketones (excluding diaryl/α,β-unsaturated/α-hetero) is 1. The van der Waals surface area contributed by atoms with Crippen molar-refractivity contribution in [3.05, 3.63) is 51.0 Å². The summed E-state index contributed by atoms with van der Waals surface area (Å²) in [7, 11) is 0. The highest BCUT2D eigenvalue weighted by atomic mass is 79.9. The lowest BCUT2D eigenvalue weighted by Crippen LogP contribution is -1.93. The molecule has 0 amide bonds. The van der Waals surface area contributed by atoms with Crippen molar-refractivity contribution >= 4 is 32.8 Å². The van der Waals surface area contributed by atoms with E-state index in [4.69, 9.17) is 4.42 Å². The van der Waals surface area contributed by atoms with Gasteiger partial charge in [-0.05, 0) is 42.7 Å². The Hall–Kier alpha value is -2.45. The van der Waals surface area contributed by atoms with E-state index in [1.807, 2.05) is 25.1 Å². The molecule has 2 aromatic carbocycles. The van der Waals surface area contributed by atoms with Gasteiger partial charge >= 0.3 is 0 Å². The Balaban J connectivity index is 2.01. The van der Waals surface area contributed by atoms with Gasteiger partial charge in [0.1, 0.15) is 17.1 Å². The molecule has 4 rings (SSSR count). The molecule has 4 nitrogen and oxygen atoms in total. The van der Waals surface area contributed by atoms with Crippen molar-refractivity contribution < 1.29 is 9.21 Å². The van der Waals surface area contributed by atoms with E-state index in [0.717, 1.165) is 21.2 Å². The Morgan fingerprint density at radius 1 is 1.30 bits per heavy atom. The van der Waals surface area contributed by atoms with Crippen LogP contribution in [-0.4, -0.2) is 10.8 Å². The number of hydrogen-bond acceptors (Lipinski definition) is 4. The molecule has 0 saturated carbocycles. The largest absolute Gasteiger partial charge is 0.435 e. The molecule has 0 aliphatic heterocycles. The van der Waals surface area contributed by atoms with E-state index in [0.29, 0.717) is 41.0 Å². The smallest absolute Gasteiger partial charge is 0.227 e. The maximum Gasteiger partial charge on any atom is 0.227 e. The molecule has 112 valence electrons. The first-order valence-corrected chi connectivity index (χ1v) is 8.04. The van der Waals surface area contributed by atoms with Gasteiger partial charge in [0.25, 0.3) is 0 Å². The van der Waals surface area contributed by atoms with Crippen molar-refractivity contribution in [2.24, 2.45) is 0 Å². The van der Waals surface area contributed by atoms with Crippen molar-refractivity contribution in [3.8, 4) is 17.5 Å². The summed E-state index contributed by atoms with van der Waals surface area (Å²) in [6.07, 6.45) is 1.05. The van der Waals surface area contributed by atoms with Crippen molar-refractivity contribution in [1.29, 1.82) is 5.26 Å². The molecule has 0 fully saturated rings. The third-order valence-electron chi connectivity index (χ3n) is 4.30. The molecule has 0 unspecified atom stereocenters. The highest BCUT2D eigenvalue weighted by Crippen LogP contribution is 2.35. The van der Waals surface area contributed by atoms with Crippen LogP contribution in [0.2, 0.25) is 0 Å². The van der Waals surface area contributed by atoms with Gasteiger partial charge in [-0.2, -0.15) is 5.26 Å². The van der Waals surface area contributed by atoms with Gasteiger partial charge in [-0.15, -0.1) is 0 Å². The number of aromatic nitrogens is 1. The number of ketones is 1. The van der Waals surface area contributed by atoms with Gasteiger partial charge in [0.2, 0.25) is 5.89 Å². The molecule has 1 aliphatic rings. The number of hydrogen-bond donors (Lipinski definition) is 0. The minimum absolute atomic E-state index is 0.0709. The number of oxazole rings is 1. The van der Waals surface area contributed by atoms with E-state index in [-0.39, 0.29) is 5.78 Å². The van der Waals surface area contributed by atoms with Crippen molar-refractivity contribution in [3.63, 3.8) is 0 Å². The zero-order valence-corrected chi connectivity index (χ0v) is 13.9. The second-order valence-corrected chi connectivity index (χ2v) is 6.45. The molecule has 3 aromatic rings. The second kappa shape index (κ2) is 5.04. The first-order valence-electron chi connectivity index (χ1n) is 7.25. The molecular formula is C18H11BrN2O2. The topological polar surface area (TPSA) is 66.9 Å². The Labute approximate surface area is 140 Å². The number of nitrogens with zero attached hydrogens (tertiary/aromatic N) is 2. The molecule has 0 radical (unpaired) electrons. The highest BCUT2D eigenvalue weighted by molar-refractivity contribution is 9.10. The average molecular weight is 367 g/mol. The van der Waals surface area contributed by atoms with Crippen LogP contribution in [0, 0.1) is 18.3 Å². The Morgan fingerprint density at radius 2 is 2.13 bits per heavy atom. The third-order valence-corrected chi connectivity index (χ3v) is 5.16. The fourth-order valence-corrected chi connectivity index (χ4v) is 3.42. The van der Waals surface area contributed by atoms with Crippen LogP contribution in [0.25, 0.3) is 22.6 Å². The lowest BCUT2D eigenvalue weighted by molar-refractivity contribution is 0.0994. The van der Waals surface area contributed by atoms with Gasteiger partial charge in [-0.1, -0.05) is 22.0 Å². The van der Waals surface area contributed by atoms with Crippen LogP contribution in [0.4, 0.5) is 0 Å². The van der Waals surface area contributed by atoms with E-state index < -0.39 is 0 Å². The Bertz CT molecular complexity index is 1030. The third kappa shape index (κ3) is 2.02. The molecule has 0 saturated heterocycles. The molecule has 0 spiro atoms. The van der Waals surface area contributed by atoms with E-state index in [1.165, 1.54) is 0 Å². The minimum atomic E-state index is 0.0709. The average Bonchev–Trinajstić information content (AvgIpc) is 3.12. The summed E-state index contributed by atoms with van der Waals surface area (Å²) in [5, 5.41) is 9.51. The van der Waals surface area contributed by atoms with Gasteiger partial charge < -0.3 is 4.42 Å².